The maximum absolute atomic E-state index is 13.0. The molecule has 1 heterocycles. The molecule has 0 atom stereocenters. The zero-order chi connectivity index (χ0) is 23.1. The maximum atomic E-state index is 13.0. The fourth-order valence-corrected chi connectivity index (χ4v) is 4.27. The van der Waals surface area contributed by atoms with E-state index in [2.05, 4.69) is 5.32 Å². The summed E-state index contributed by atoms with van der Waals surface area (Å²) in [5, 5.41) is 12.5. The fraction of sp³-hybridized carbons (Fsp3) is 0.208. The topological polar surface area (TPSA) is 93.3 Å². The lowest BCUT2D eigenvalue weighted by Gasteiger charge is -2.10. The van der Waals surface area contributed by atoms with Crippen molar-refractivity contribution >= 4 is 34.6 Å². The van der Waals surface area contributed by atoms with Gasteiger partial charge in [0.1, 0.15) is 22.2 Å². The van der Waals surface area contributed by atoms with Crippen molar-refractivity contribution in [1.82, 2.24) is 4.57 Å². The summed E-state index contributed by atoms with van der Waals surface area (Å²) in [7, 11) is 1.57. The Bertz CT molecular complexity index is 1350. The van der Waals surface area contributed by atoms with Gasteiger partial charge in [0.05, 0.1) is 23.9 Å². The van der Waals surface area contributed by atoms with Gasteiger partial charge in [-0.15, -0.1) is 11.3 Å². The van der Waals surface area contributed by atoms with Gasteiger partial charge in [0.15, 0.2) is 5.57 Å². The van der Waals surface area contributed by atoms with Gasteiger partial charge in [-0.2, -0.15) is 5.26 Å². The third-order valence-corrected chi connectivity index (χ3v) is 5.73. The predicted molar refractivity (Wildman–Crippen MR) is 125 cm³/mol. The number of hydrogen-bond donors (Lipinski definition) is 1. The number of carbonyl (C=O) groups is 1. The van der Waals surface area contributed by atoms with Gasteiger partial charge in [-0.25, -0.2) is 0 Å². The van der Waals surface area contributed by atoms with Crippen molar-refractivity contribution in [2.75, 3.05) is 19.0 Å². The van der Waals surface area contributed by atoms with Crippen molar-refractivity contribution in [2.24, 2.45) is 0 Å². The number of hydrogen-bond acceptors (Lipinski definition) is 6. The molecule has 0 aliphatic heterocycles. The van der Waals surface area contributed by atoms with Crippen LogP contribution < -0.4 is 29.5 Å². The highest BCUT2D eigenvalue weighted by atomic mass is 32.1. The highest BCUT2D eigenvalue weighted by Crippen LogP contribution is 2.24. The summed E-state index contributed by atoms with van der Waals surface area (Å²) < 4.78 is 12.9. The Morgan fingerprint density at radius 2 is 2.00 bits per heavy atom. The normalized spacial score (nSPS) is 12.1. The summed E-state index contributed by atoms with van der Waals surface area (Å²) in [6, 6.07) is 16.3. The number of ether oxygens (including phenoxy) is 2. The molecule has 3 aromatic rings. The second-order valence-electron chi connectivity index (χ2n) is 6.61. The quantitative estimate of drug-likeness (QED) is 0.598. The Kier molecular flexibility index (Phi) is 7.47. The summed E-state index contributed by atoms with van der Waals surface area (Å²) in [6.45, 7) is 4.40. The number of aromatic nitrogens is 1. The number of nitrogens with zero attached hydrogens (tertiary/aromatic N) is 2. The Labute approximate surface area is 189 Å². The third kappa shape index (κ3) is 4.90. The molecule has 164 valence electrons. The number of amides is 1. The van der Waals surface area contributed by atoms with Crippen LogP contribution in [0.25, 0.3) is 11.6 Å². The van der Waals surface area contributed by atoms with Gasteiger partial charge in [0.2, 0.25) is 0 Å². The summed E-state index contributed by atoms with van der Waals surface area (Å²) in [6.07, 6.45) is 1.72. The first-order valence-corrected chi connectivity index (χ1v) is 10.9. The van der Waals surface area contributed by atoms with E-state index in [1.165, 1.54) is 4.57 Å². The lowest BCUT2D eigenvalue weighted by atomic mass is 10.2. The lowest BCUT2D eigenvalue weighted by molar-refractivity contribution is -0.111. The van der Waals surface area contributed by atoms with E-state index in [0.717, 1.165) is 16.9 Å². The van der Waals surface area contributed by atoms with Crippen LogP contribution in [0.3, 0.4) is 0 Å². The van der Waals surface area contributed by atoms with E-state index in [1.807, 2.05) is 31.2 Å². The molecular formula is C24H23N3O4S. The van der Waals surface area contributed by atoms with Crippen LogP contribution in [0.5, 0.6) is 11.5 Å². The van der Waals surface area contributed by atoms with Gasteiger partial charge in [-0.05, 0) is 49.8 Å². The predicted octanol–water partition coefficient (Wildman–Crippen LogP) is 2.48. The first-order valence-electron chi connectivity index (χ1n) is 10.0. The molecular weight excluding hydrogens is 426 g/mol. The molecule has 2 aromatic carbocycles. The number of benzene rings is 2. The fourth-order valence-electron chi connectivity index (χ4n) is 3.11. The standard InChI is InChI=1S/C24H23N3O4S/c1-4-27-23(29)21(14-16-9-8-10-17(13-16)30-3)32-24(27)18(15-25)22(28)26-19-11-6-7-12-20(19)31-5-2/h6-14H,4-5H2,1-3H3,(H,26,28). The second-order valence-corrected chi connectivity index (χ2v) is 7.64. The largest absolute Gasteiger partial charge is 0.497 e. The second kappa shape index (κ2) is 10.5. The van der Waals surface area contributed by atoms with Crippen LogP contribution in [0, 0.1) is 11.3 Å². The molecule has 0 bridgehead atoms. The minimum Gasteiger partial charge on any atom is -0.497 e. The molecule has 0 radical (unpaired) electrons. The molecule has 0 unspecified atom stereocenters. The molecule has 8 heteroatoms. The number of carbonyl (C=O) groups excluding carboxylic acids is 1. The zero-order valence-electron chi connectivity index (χ0n) is 18.0. The van der Waals surface area contributed by atoms with Crippen molar-refractivity contribution in [2.45, 2.75) is 20.4 Å². The highest BCUT2D eigenvalue weighted by molar-refractivity contribution is 7.07. The molecule has 0 aliphatic carbocycles. The Balaban J connectivity index is 2.11. The molecule has 1 aromatic heterocycles. The molecule has 1 amide bonds. The molecule has 32 heavy (non-hydrogen) atoms. The lowest BCUT2D eigenvalue weighted by Crippen LogP contribution is -2.33. The van der Waals surface area contributed by atoms with Gasteiger partial charge < -0.3 is 14.8 Å². The van der Waals surface area contributed by atoms with Crippen LogP contribution in [0.15, 0.2) is 53.3 Å². The van der Waals surface area contributed by atoms with E-state index in [0.29, 0.717) is 39.5 Å². The number of para-hydroxylation sites is 2. The van der Waals surface area contributed by atoms with Gasteiger partial charge in [-0.1, -0.05) is 24.3 Å². The van der Waals surface area contributed by atoms with Crippen LogP contribution in [0.4, 0.5) is 5.69 Å². The van der Waals surface area contributed by atoms with Crippen LogP contribution in [-0.4, -0.2) is 24.2 Å². The first kappa shape index (κ1) is 22.8. The molecule has 3 rings (SSSR count). The van der Waals surface area contributed by atoms with Crippen LogP contribution in [0.1, 0.15) is 19.4 Å². The van der Waals surface area contributed by atoms with Gasteiger partial charge in [0.25, 0.3) is 11.5 Å². The smallest absolute Gasteiger partial charge is 0.269 e. The third-order valence-electron chi connectivity index (χ3n) is 4.60. The SMILES string of the molecule is CCOc1ccccc1NC(=O)C(C#N)=c1sc(=Cc2cccc(OC)c2)c(=O)n1CC. The number of nitrogens with one attached hydrogen (secondary N) is 1. The number of nitriles is 1. The van der Waals surface area contributed by atoms with Crippen molar-refractivity contribution in [1.29, 1.82) is 5.26 Å². The number of thiazole rings is 1. The molecule has 0 aliphatic rings. The number of methoxy groups -OCH3 is 1. The van der Waals surface area contributed by atoms with E-state index in [4.69, 9.17) is 9.47 Å². The number of anilines is 1. The summed E-state index contributed by atoms with van der Waals surface area (Å²) in [5.41, 5.74) is 0.847. The minimum absolute atomic E-state index is 0.134. The average molecular weight is 450 g/mol. The van der Waals surface area contributed by atoms with Crippen molar-refractivity contribution in [3.63, 3.8) is 0 Å². The average Bonchev–Trinajstić information content (AvgIpc) is 3.10. The Morgan fingerprint density at radius 1 is 1.22 bits per heavy atom. The Morgan fingerprint density at radius 3 is 2.69 bits per heavy atom. The summed E-state index contributed by atoms with van der Waals surface area (Å²) in [5.74, 6) is 0.575. The van der Waals surface area contributed by atoms with Crippen molar-refractivity contribution in [3.8, 4) is 17.6 Å². The van der Waals surface area contributed by atoms with E-state index < -0.39 is 5.91 Å². The van der Waals surface area contributed by atoms with Crippen LogP contribution >= 0.6 is 11.3 Å². The molecule has 1 N–H and O–H groups in total. The van der Waals surface area contributed by atoms with Crippen molar-refractivity contribution in [3.05, 3.63) is 73.6 Å². The van der Waals surface area contributed by atoms with E-state index in [9.17, 15) is 14.9 Å². The minimum atomic E-state index is -0.601. The van der Waals surface area contributed by atoms with Gasteiger partial charge in [0, 0.05) is 6.54 Å². The van der Waals surface area contributed by atoms with Crippen molar-refractivity contribution < 1.29 is 14.3 Å². The molecule has 0 spiro atoms. The summed E-state index contributed by atoms with van der Waals surface area (Å²) >= 11 is 1.11. The van der Waals surface area contributed by atoms with E-state index >= 15 is 0 Å². The monoisotopic (exact) mass is 449 g/mol. The molecule has 0 saturated carbocycles. The molecule has 0 fully saturated rings. The molecule has 7 nitrogen and oxygen atoms in total. The molecule has 0 saturated heterocycles. The van der Waals surface area contributed by atoms with Gasteiger partial charge >= 0.3 is 0 Å². The van der Waals surface area contributed by atoms with E-state index in [1.54, 1.807) is 50.4 Å². The van der Waals surface area contributed by atoms with Gasteiger partial charge in [-0.3, -0.25) is 14.2 Å². The number of rotatable bonds is 7. The zero-order valence-corrected chi connectivity index (χ0v) is 18.9. The van der Waals surface area contributed by atoms with E-state index in [-0.39, 0.29) is 11.1 Å². The highest BCUT2D eigenvalue weighted by Gasteiger charge is 2.17. The van der Waals surface area contributed by atoms with Crippen LogP contribution in [0.2, 0.25) is 0 Å². The summed E-state index contributed by atoms with van der Waals surface area (Å²) in [4.78, 5) is 25.9. The Hall–Kier alpha value is -3.83. The maximum Gasteiger partial charge on any atom is 0.269 e. The first-order chi connectivity index (χ1) is 15.5. The van der Waals surface area contributed by atoms with Crippen LogP contribution in [-0.2, 0) is 11.3 Å².